The van der Waals surface area contributed by atoms with E-state index >= 15 is 0 Å². The number of hydrogen-bond donors (Lipinski definition) is 1. The van der Waals surface area contributed by atoms with Gasteiger partial charge in [-0.3, -0.25) is 9.48 Å². The van der Waals surface area contributed by atoms with E-state index in [-0.39, 0.29) is 18.3 Å². The molecule has 0 aliphatic heterocycles. The molecule has 0 aliphatic rings. The molecule has 0 saturated carbocycles. The van der Waals surface area contributed by atoms with E-state index in [1.165, 1.54) is 4.68 Å². The van der Waals surface area contributed by atoms with Gasteiger partial charge in [0.05, 0.1) is 18.4 Å². The maximum atomic E-state index is 12.5. The lowest BCUT2D eigenvalue weighted by molar-refractivity contribution is 0.102. The van der Waals surface area contributed by atoms with Crippen molar-refractivity contribution in [3.63, 3.8) is 0 Å². The lowest BCUT2D eigenvalue weighted by Crippen LogP contribution is -2.14. The molecule has 0 unspecified atom stereocenters. The van der Waals surface area contributed by atoms with Gasteiger partial charge >= 0.3 is 0 Å². The highest BCUT2D eigenvalue weighted by molar-refractivity contribution is 6.36. The zero-order valence-corrected chi connectivity index (χ0v) is 19.2. The summed E-state index contributed by atoms with van der Waals surface area (Å²) >= 11 is 18.4. The largest absolute Gasteiger partial charge is 0.471 e. The standard InChI is InChI=1S/C22H18Cl3N5O2/c1-14-9-16(5-6-18(14)23)32-13-29-8-7-21(28-29)22(31)27-15-10-26-30(11-15)12-17-19(24)3-2-4-20(17)25/h2-11H,12-13H2,1H3,(H,27,31). The molecule has 0 radical (unpaired) electrons. The van der Waals surface area contributed by atoms with Crippen LogP contribution < -0.4 is 10.1 Å². The number of ether oxygens (including phenoxy) is 1. The first-order valence-corrected chi connectivity index (χ1v) is 10.7. The predicted molar refractivity (Wildman–Crippen MR) is 125 cm³/mol. The molecular formula is C22H18Cl3N5O2. The third kappa shape index (κ3) is 5.24. The molecule has 0 fully saturated rings. The molecule has 10 heteroatoms. The second kappa shape index (κ2) is 9.65. The average molecular weight is 491 g/mol. The topological polar surface area (TPSA) is 74.0 Å². The molecule has 0 spiro atoms. The Kier molecular flexibility index (Phi) is 6.69. The summed E-state index contributed by atoms with van der Waals surface area (Å²) in [4.78, 5) is 12.5. The number of carbonyl (C=O) groups is 1. The van der Waals surface area contributed by atoms with Crippen LogP contribution in [0.5, 0.6) is 5.75 Å². The van der Waals surface area contributed by atoms with E-state index in [0.717, 1.165) is 11.1 Å². The number of rotatable bonds is 7. The number of carbonyl (C=O) groups excluding carboxylic acids is 1. The summed E-state index contributed by atoms with van der Waals surface area (Å²) in [7, 11) is 0. The van der Waals surface area contributed by atoms with E-state index in [0.29, 0.717) is 33.0 Å². The zero-order chi connectivity index (χ0) is 22.7. The SMILES string of the molecule is Cc1cc(OCn2ccc(C(=O)Nc3cnn(Cc4c(Cl)cccc4Cl)c3)n2)ccc1Cl. The number of amides is 1. The van der Waals surface area contributed by atoms with Crippen molar-refractivity contribution < 1.29 is 9.53 Å². The third-order valence-electron chi connectivity index (χ3n) is 4.64. The van der Waals surface area contributed by atoms with E-state index in [4.69, 9.17) is 39.5 Å². The van der Waals surface area contributed by atoms with Crippen molar-refractivity contribution in [1.82, 2.24) is 19.6 Å². The molecule has 0 saturated heterocycles. The Labute approximate surface area is 199 Å². The third-order valence-corrected chi connectivity index (χ3v) is 5.77. The van der Waals surface area contributed by atoms with Gasteiger partial charge in [0.15, 0.2) is 12.4 Å². The molecule has 4 aromatic rings. The molecule has 2 aromatic carbocycles. The van der Waals surface area contributed by atoms with Gasteiger partial charge in [-0.1, -0.05) is 40.9 Å². The lowest BCUT2D eigenvalue weighted by Gasteiger charge is -2.07. The summed E-state index contributed by atoms with van der Waals surface area (Å²) in [5.74, 6) is 0.306. The van der Waals surface area contributed by atoms with Crippen LogP contribution in [0.2, 0.25) is 15.1 Å². The lowest BCUT2D eigenvalue weighted by atomic mass is 10.2. The summed E-state index contributed by atoms with van der Waals surface area (Å²) in [6.45, 7) is 2.44. The number of hydrogen-bond acceptors (Lipinski definition) is 4. The maximum absolute atomic E-state index is 12.5. The van der Waals surface area contributed by atoms with E-state index in [9.17, 15) is 4.79 Å². The van der Waals surface area contributed by atoms with E-state index in [1.54, 1.807) is 59.7 Å². The first-order chi connectivity index (χ1) is 15.4. The van der Waals surface area contributed by atoms with Crippen LogP contribution in [0.3, 0.4) is 0 Å². The second-order valence-electron chi connectivity index (χ2n) is 7.01. The first-order valence-electron chi connectivity index (χ1n) is 9.58. The fraction of sp³-hybridized carbons (Fsp3) is 0.136. The molecule has 0 atom stereocenters. The molecule has 1 N–H and O–H groups in total. The highest BCUT2D eigenvalue weighted by Gasteiger charge is 2.13. The van der Waals surface area contributed by atoms with Crippen molar-refractivity contribution in [2.24, 2.45) is 0 Å². The van der Waals surface area contributed by atoms with E-state index < -0.39 is 0 Å². The van der Waals surface area contributed by atoms with Crippen LogP contribution in [-0.4, -0.2) is 25.5 Å². The molecule has 0 aliphatic carbocycles. The second-order valence-corrected chi connectivity index (χ2v) is 8.23. The van der Waals surface area contributed by atoms with Crippen LogP contribution in [0.4, 0.5) is 5.69 Å². The summed E-state index contributed by atoms with van der Waals surface area (Å²) in [5.41, 5.74) is 2.46. The number of aryl methyl sites for hydroxylation is 1. The van der Waals surface area contributed by atoms with Crippen molar-refractivity contribution in [2.45, 2.75) is 20.2 Å². The molecule has 0 bridgehead atoms. The van der Waals surface area contributed by atoms with Gasteiger partial charge in [-0.25, -0.2) is 4.68 Å². The highest BCUT2D eigenvalue weighted by Crippen LogP contribution is 2.25. The zero-order valence-electron chi connectivity index (χ0n) is 16.9. The molecule has 2 heterocycles. The van der Waals surface area contributed by atoms with Gasteiger partial charge in [0.1, 0.15) is 5.75 Å². The van der Waals surface area contributed by atoms with Crippen LogP contribution >= 0.6 is 34.8 Å². The Balaban J connectivity index is 1.35. The van der Waals surface area contributed by atoms with Gasteiger partial charge in [0.25, 0.3) is 5.91 Å². The number of anilines is 1. The molecule has 2 aromatic heterocycles. The maximum Gasteiger partial charge on any atom is 0.276 e. The highest BCUT2D eigenvalue weighted by atomic mass is 35.5. The summed E-state index contributed by atoms with van der Waals surface area (Å²) in [6, 6.07) is 12.3. The molecule has 164 valence electrons. The number of nitrogens with one attached hydrogen (secondary N) is 1. The number of benzene rings is 2. The summed E-state index contributed by atoms with van der Waals surface area (Å²) in [6.07, 6.45) is 4.91. The van der Waals surface area contributed by atoms with Gasteiger partial charge in [-0.2, -0.15) is 10.2 Å². The van der Waals surface area contributed by atoms with Gasteiger partial charge in [0.2, 0.25) is 0 Å². The van der Waals surface area contributed by atoms with Crippen molar-refractivity contribution in [2.75, 3.05) is 5.32 Å². The summed E-state index contributed by atoms with van der Waals surface area (Å²) < 4.78 is 8.87. The van der Waals surface area contributed by atoms with Crippen LogP contribution in [0, 0.1) is 6.92 Å². The van der Waals surface area contributed by atoms with Crippen LogP contribution in [0.1, 0.15) is 21.6 Å². The van der Waals surface area contributed by atoms with Crippen LogP contribution in [-0.2, 0) is 13.3 Å². The summed E-state index contributed by atoms with van der Waals surface area (Å²) in [5, 5.41) is 13.1. The Bertz CT molecular complexity index is 1250. The molecule has 7 nitrogen and oxygen atoms in total. The fourth-order valence-electron chi connectivity index (χ4n) is 2.96. The van der Waals surface area contributed by atoms with Gasteiger partial charge < -0.3 is 10.1 Å². The minimum absolute atomic E-state index is 0.158. The average Bonchev–Trinajstić information content (AvgIpc) is 3.41. The smallest absolute Gasteiger partial charge is 0.276 e. The minimum atomic E-state index is -0.360. The fourth-order valence-corrected chi connectivity index (χ4v) is 3.59. The Hall–Kier alpha value is -3.00. The van der Waals surface area contributed by atoms with Crippen molar-refractivity contribution in [3.05, 3.63) is 92.9 Å². The number of halogens is 3. The van der Waals surface area contributed by atoms with Gasteiger partial charge in [0, 0.05) is 33.0 Å². The van der Waals surface area contributed by atoms with Gasteiger partial charge in [-0.05, 0) is 48.9 Å². The molecule has 32 heavy (non-hydrogen) atoms. The molecular weight excluding hydrogens is 473 g/mol. The minimum Gasteiger partial charge on any atom is -0.471 e. The Morgan fingerprint density at radius 2 is 1.84 bits per heavy atom. The molecule has 4 rings (SSSR count). The predicted octanol–water partition coefficient (Wildman–Crippen LogP) is 5.69. The van der Waals surface area contributed by atoms with Crippen LogP contribution in [0.25, 0.3) is 0 Å². The van der Waals surface area contributed by atoms with Gasteiger partial charge in [-0.15, -0.1) is 0 Å². The Morgan fingerprint density at radius 1 is 1.06 bits per heavy atom. The Morgan fingerprint density at radius 3 is 2.59 bits per heavy atom. The quantitative estimate of drug-likeness (QED) is 0.361. The monoisotopic (exact) mass is 489 g/mol. The normalized spacial score (nSPS) is 10.9. The number of aromatic nitrogens is 4. The van der Waals surface area contributed by atoms with Crippen molar-refractivity contribution >= 4 is 46.4 Å². The van der Waals surface area contributed by atoms with Crippen LogP contribution in [0.15, 0.2) is 61.1 Å². The first kappa shape index (κ1) is 22.2. The van der Waals surface area contributed by atoms with E-state index in [1.807, 2.05) is 13.0 Å². The molecule has 1 amide bonds. The van der Waals surface area contributed by atoms with Crippen molar-refractivity contribution in [1.29, 1.82) is 0 Å². The number of nitrogens with zero attached hydrogens (tertiary/aromatic N) is 4. The van der Waals surface area contributed by atoms with Crippen molar-refractivity contribution in [3.8, 4) is 5.75 Å². The van der Waals surface area contributed by atoms with E-state index in [2.05, 4.69) is 15.5 Å².